The van der Waals surface area contributed by atoms with Crippen molar-refractivity contribution in [1.29, 1.82) is 0 Å². The molecule has 0 aliphatic carbocycles. The average Bonchev–Trinajstić information content (AvgIpc) is 2.54. The molecule has 0 saturated carbocycles. The molecule has 0 aromatic heterocycles. The fraction of sp³-hybridized carbons (Fsp3) is 0.700. The van der Waals surface area contributed by atoms with E-state index in [1.54, 1.807) is 0 Å². The molecule has 0 spiro atoms. The zero-order valence-corrected chi connectivity index (χ0v) is 16.0. The topological polar surface area (TPSA) is 35.9 Å². The maximum atomic E-state index is 10.3. The molecule has 1 heterocycles. The van der Waals surface area contributed by atoms with E-state index in [4.69, 9.17) is 4.74 Å². The molecule has 1 aliphatic heterocycles. The number of hydrogen-bond acceptors (Lipinski definition) is 4. The van der Waals surface area contributed by atoms with Crippen molar-refractivity contribution >= 4 is 0 Å². The number of rotatable bonds is 7. The van der Waals surface area contributed by atoms with E-state index in [9.17, 15) is 5.11 Å². The maximum absolute atomic E-state index is 10.3. The monoisotopic (exact) mass is 334 g/mol. The molecule has 1 atom stereocenters. The second-order valence-electron chi connectivity index (χ2n) is 7.53. The molecule has 24 heavy (non-hydrogen) atoms. The first kappa shape index (κ1) is 19.2. The molecule has 136 valence electrons. The number of ether oxygens (including phenoxy) is 1. The first-order chi connectivity index (χ1) is 11.4. The number of aliphatic hydroxyl groups is 1. The van der Waals surface area contributed by atoms with Crippen LogP contribution in [0.15, 0.2) is 18.2 Å². The van der Waals surface area contributed by atoms with Gasteiger partial charge >= 0.3 is 0 Å². The van der Waals surface area contributed by atoms with Crippen molar-refractivity contribution in [2.75, 3.05) is 33.3 Å². The van der Waals surface area contributed by atoms with Crippen LogP contribution in [0.1, 0.15) is 37.8 Å². The Morgan fingerprint density at radius 1 is 1.25 bits per heavy atom. The van der Waals surface area contributed by atoms with Gasteiger partial charge in [0.1, 0.15) is 18.5 Å². The van der Waals surface area contributed by atoms with Gasteiger partial charge in [0.05, 0.1) is 0 Å². The molecule has 1 unspecified atom stereocenters. The summed E-state index contributed by atoms with van der Waals surface area (Å²) >= 11 is 0. The molecular formula is C20H34N2O2. The van der Waals surface area contributed by atoms with Gasteiger partial charge in [-0.3, -0.25) is 0 Å². The lowest BCUT2D eigenvalue weighted by Gasteiger charge is -2.39. The molecule has 0 radical (unpaired) electrons. The third kappa shape index (κ3) is 5.47. The van der Waals surface area contributed by atoms with E-state index in [0.717, 1.165) is 24.4 Å². The fourth-order valence-electron chi connectivity index (χ4n) is 3.52. The van der Waals surface area contributed by atoms with Crippen molar-refractivity contribution in [2.24, 2.45) is 0 Å². The molecule has 1 fully saturated rings. The largest absolute Gasteiger partial charge is 0.491 e. The van der Waals surface area contributed by atoms with Crippen molar-refractivity contribution in [3.8, 4) is 5.75 Å². The minimum absolute atomic E-state index is 0.346. The highest BCUT2D eigenvalue weighted by Gasteiger charge is 2.24. The van der Waals surface area contributed by atoms with Gasteiger partial charge in [0, 0.05) is 18.6 Å². The third-order valence-electron chi connectivity index (χ3n) is 5.11. The van der Waals surface area contributed by atoms with Crippen LogP contribution >= 0.6 is 0 Å². The summed E-state index contributed by atoms with van der Waals surface area (Å²) in [5, 5.41) is 10.3. The van der Waals surface area contributed by atoms with Crippen molar-refractivity contribution in [3.63, 3.8) is 0 Å². The number of benzene rings is 1. The lowest BCUT2D eigenvalue weighted by molar-refractivity contribution is 0.0431. The Hall–Kier alpha value is -1.10. The van der Waals surface area contributed by atoms with Gasteiger partial charge < -0.3 is 19.6 Å². The number of likely N-dealkylation sites (tertiary alicyclic amines) is 1. The van der Waals surface area contributed by atoms with Crippen molar-refractivity contribution in [2.45, 2.75) is 58.7 Å². The van der Waals surface area contributed by atoms with Gasteiger partial charge in [0.25, 0.3) is 0 Å². The van der Waals surface area contributed by atoms with Crippen LogP contribution in [0.5, 0.6) is 5.75 Å². The summed E-state index contributed by atoms with van der Waals surface area (Å²) in [6, 6.07) is 7.34. The number of nitrogens with zero attached hydrogens (tertiary/aromatic N) is 2. The molecule has 1 N–H and O–H groups in total. The summed E-state index contributed by atoms with van der Waals surface area (Å²) in [5.41, 5.74) is 2.35. The van der Waals surface area contributed by atoms with Crippen LogP contribution < -0.4 is 4.74 Å². The van der Waals surface area contributed by atoms with E-state index in [1.807, 2.05) is 19.1 Å². The van der Waals surface area contributed by atoms with E-state index in [2.05, 4.69) is 43.7 Å². The van der Waals surface area contributed by atoms with E-state index in [0.29, 0.717) is 25.2 Å². The number of piperidine rings is 1. The van der Waals surface area contributed by atoms with E-state index >= 15 is 0 Å². The predicted molar refractivity (Wildman–Crippen MR) is 99.8 cm³/mol. The van der Waals surface area contributed by atoms with Gasteiger partial charge in [0.2, 0.25) is 0 Å². The summed E-state index contributed by atoms with van der Waals surface area (Å²) in [4.78, 5) is 4.83. The lowest BCUT2D eigenvalue weighted by Crippen LogP contribution is -2.47. The highest BCUT2D eigenvalue weighted by molar-refractivity contribution is 5.35. The zero-order valence-electron chi connectivity index (χ0n) is 16.0. The van der Waals surface area contributed by atoms with Crippen LogP contribution in [0.2, 0.25) is 0 Å². The summed E-state index contributed by atoms with van der Waals surface area (Å²) in [5.74, 6) is 0.868. The Bertz CT molecular complexity index is 510. The van der Waals surface area contributed by atoms with E-state index in [1.165, 1.54) is 18.4 Å². The molecule has 0 amide bonds. The second-order valence-corrected chi connectivity index (χ2v) is 7.53. The molecule has 4 nitrogen and oxygen atoms in total. The number of aryl methyl sites for hydroxylation is 2. The van der Waals surface area contributed by atoms with Gasteiger partial charge in [0.15, 0.2) is 0 Å². The molecular weight excluding hydrogens is 300 g/mol. The first-order valence-corrected chi connectivity index (χ1v) is 9.19. The van der Waals surface area contributed by atoms with Crippen LogP contribution in [0.3, 0.4) is 0 Å². The highest BCUT2D eigenvalue weighted by Crippen LogP contribution is 2.20. The molecule has 1 aromatic rings. The maximum Gasteiger partial charge on any atom is 0.122 e. The van der Waals surface area contributed by atoms with Gasteiger partial charge in [-0.25, -0.2) is 0 Å². The first-order valence-electron chi connectivity index (χ1n) is 9.19. The minimum Gasteiger partial charge on any atom is -0.491 e. The molecule has 2 rings (SSSR count). The van der Waals surface area contributed by atoms with Gasteiger partial charge in [-0.2, -0.15) is 0 Å². The van der Waals surface area contributed by atoms with Gasteiger partial charge in [-0.15, -0.1) is 0 Å². The summed E-state index contributed by atoms with van der Waals surface area (Å²) in [6.45, 7) is 12.0. The number of hydrogen-bond donors (Lipinski definition) is 1. The van der Waals surface area contributed by atoms with Crippen LogP contribution in [-0.4, -0.2) is 66.4 Å². The third-order valence-corrected chi connectivity index (χ3v) is 5.11. The normalized spacial score (nSPS) is 18.3. The van der Waals surface area contributed by atoms with Crippen molar-refractivity contribution in [3.05, 3.63) is 29.3 Å². The van der Waals surface area contributed by atoms with Gasteiger partial charge in [-0.1, -0.05) is 17.7 Å². The molecule has 4 heteroatoms. The van der Waals surface area contributed by atoms with Crippen LogP contribution in [-0.2, 0) is 0 Å². The summed E-state index contributed by atoms with van der Waals surface area (Å²) in [6.07, 6.45) is 1.90. The number of aliphatic hydroxyl groups excluding tert-OH is 1. The summed E-state index contributed by atoms with van der Waals surface area (Å²) in [7, 11) is 2.12. The van der Waals surface area contributed by atoms with Gasteiger partial charge in [-0.05, 0) is 72.3 Å². The standard InChI is InChI=1S/C20H34N2O2/c1-15(2)22-10-8-18(9-11-22)21(5)13-19(23)14-24-20-7-6-16(3)12-17(20)4/h6-7,12,15,18-19,23H,8-11,13-14H2,1-5H3. The fourth-order valence-corrected chi connectivity index (χ4v) is 3.52. The summed E-state index contributed by atoms with van der Waals surface area (Å²) < 4.78 is 5.81. The number of likely N-dealkylation sites (N-methyl/N-ethyl adjacent to an activating group) is 1. The van der Waals surface area contributed by atoms with Crippen LogP contribution in [0, 0.1) is 13.8 Å². The molecule has 1 saturated heterocycles. The van der Waals surface area contributed by atoms with Crippen molar-refractivity contribution < 1.29 is 9.84 Å². The van der Waals surface area contributed by atoms with Crippen LogP contribution in [0.25, 0.3) is 0 Å². The minimum atomic E-state index is -0.459. The smallest absolute Gasteiger partial charge is 0.122 e. The van der Waals surface area contributed by atoms with E-state index < -0.39 is 6.10 Å². The predicted octanol–water partition coefficient (Wildman–Crippen LogP) is 2.85. The zero-order chi connectivity index (χ0) is 17.7. The Labute approximate surface area is 147 Å². The second kappa shape index (κ2) is 8.84. The lowest BCUT2D eigenvalue weighted by atomic mass is 10.0. The van der Waals surface area contributed by atoms with E-state index in [-0.39, 0.29) is 0 Å². The van der Waals surface area contributed by atoms with Crippen LogP contribution in [0.4, 0.5) is 0 Å². The quantitative estimate of drug-likeness (QED) is 0.832. The molecule has 1 aromatic carbocycles. The molecule has 1 aliphatic rings. The van der Waals surface area contributed by atoms with Crippen molar-refractivity contribution in [1.82, 2.24) is 9.80 Å². The Morgan fingerprint density at radius 2 is 1.92 bits per heavy atom. The SMILES string of the molecule is Cc1ccc(OCC(O)CN(C)C2CCN(C(C)C)CC2)c(C)c1. The average molecular weight is 335 g/mol. The Morgan fingerprint density at radius 3 is 2.50 bits per heavy atom. The highest BCUT2D eigenvalue weighted by atomic mass is 16.5. The molecule has 0 bridgehead atoms. The Balaban J connectivity index is 1.74. The Kier molecular flexibility index (Phi) is 7.08.